The van der Waals surface area contributed by atoms with Crippen LogP contribution in [0.3, 0.4) is 0 Å². The van der Waals surface area contributed by atoms with Gasteiger partial charge in [0, 0.05) is 44.6 Å². The summed E-state index contributed by atoms with van der Waals surface area (Å²) >= 11 is 1.38. The van der Waals surface area contributed by atoms with Crippen molar-refractivity contribution in [1.29, 1.82) is 0 Å². The summed E-state index contributed by atoms with van der Waals surface area (Å²) in [4.78, 5) is 34.2. The van der Waals surface area contributed by atoms with Crippen LogP contribution < -0.4 is 4.90 Å². The maximum absolute atomic E-state index is 12.2. The van der Waals surface area contributed by atoms with Crippen LogP contribution in [0.25, 0.3) is 4.96 Å². The van der Waals surface area contributed by atoms with Gasteiger partial charge in [0.05, 0.1) is 6.54 Å². The van der Waals surface area contributed by atoms with Gasteiger partial charge < -0.3 is 19.9 Å². The van der Waals surface area contributed by atoms with Crippen molar-refractivity contribution in [2.45, 2.75) is 13.8 Å². The van der Waals surface area contributed by atoms with Crippen molar-refractivity contribution in [1.82, 2.24) is 19.2 Å². The molecule has 0 aromatic carbocycles. The molecule has 0 radical (unpaired) electrons. The first-order valence-corrected chi connectivity index (χ1v) is 9.28. The number of hydrogen-bond acceptors (Lipinski definition) is 7. The molecule has 0 spiro atoms. The molecular formula is C15H22N6O3S. The van der Waals surface area contributed by atoms with E-state index >= 15 is 0 Å². The van der Waals surface area contributed by atoms with E-state index in [1.165, 1.54) is 15.7 Å². The molecule has 2 aromatic rings. The van der Waals surface area contributed by atoms with Gasteiger partial charge in [-0.2, -0.15) is 9.38 Å². The third-order valence-corrected chi connectivity index (χ3v) is 5.30. The van der Waals surface area contributed by atoms with E-state index in [1.807, 2.05) is 23.6 Å². The highest BCUT2D eigenvalue weighted by atomic mass is 32.1. The van der Waals surface area contributed by atoms with Crippen molar-refractivity contribution in [3.63, 3.8) is 0 Å². The van der Waals surface area contributed by atoms with Crippen molar-refractivity contribution >= 4 is 33.8 Å². The molecule has 10 heteroatoms. The predicted molar refractivity (Wildman–Crippen MR) is 96.3 cm³/mol. The van der Waals surface area contributed by atoms with E-state index in [1.54, 1.807) is 11.6 Å². The zero-order valence-corrected chi connectivity index (χ0v) is 15.2. The minimum atomic E-state index is -0.377. The van der Waals surface area contributed by atoms with Gasteiger partial charge in [-0.15, -0.1) is 0 Å². The molecule has 1 aliphatic rings. The molecule has 3 heterocycles. The number of nitrogens with zero attached hydrogens (tertiary/aromatic N) is 6. The first-order valence-electron chi connectivity index (χ1n) is 8.40. The topological polar surface area (TPSA) is 87.2 Å². The number of rotatable bonds is 6. The molecule has 0 atom stereocenters. The maximum Gasteiger partial charge on any atom is 0.373 e. The van der Waals surface area contributed by atoms with Crippen LogP contribution in [0.1, 0.15) is 13.8 Å². The number of anilines is 1. The number of aromatic nitrogens is 2. The lowest BCUT2D eigenvalue weighted by Crippen LogP contribution is -2.50. The molecule has 9 nitrogen and oxygen atoms in total. The van der Waals surface area contributed by atoms with Gasteiger partial charge in [-0.1, -0.05) is 11.3 Å². The van der Waals surface area contributed by atoms with Gasteiger partial charge in [-0.25, -0.2) is 0 Å². The molecule has 0 unspecified atom stereocenters. The second-order valence-electron chi connectivity index (χ2n) is 5.90. The lowest BCUT2D eigenvalue weighted by Gasteiger charge is -2.35. The Balaban J connectivity index is 1.67. The Labute approximate surface area is 149 Å². The van der Waals surface area contributed by atoms with Gasteiger partial charge in [0.25, 0.3) is 4.96 Å². The van der Waals surface area contributed by atoms with Crippen molar-refractivity contribution < 1.29 is 9.72 Å². The second kappa shape index (κ2) is 7.36. The van der Waals surface area contributed by atoms with Crippen LogP contribution >= 0.6 is 11.3 Å². The highest BCUT2D eigenvalue weighted by Crippen LogP contribution is 2.31. The van der Waals surface area contributed by atoms with Gasteiger partial charge >= 0.3 is 5.82 Å². The Kier molecular flexibility index (Phi) is 5.19. The van der Waals surface area contributed by atoms with E-state index in [0.717, 1.165) is 0 Å². The average molecular weight is 366 g/mol. The van der Waals surface area contributed by atoms with E-state index in [0.29, 0.717) is 56.6 Å². The number of amides is 1. The summed E-state index contributed by atoms with van der Waals surface area (Å²) < 4.78 is 1.52. The zero-order chi connectivity index (χ0) is 18.0. The average Bonchev–Trinajstić information content (AvgIpc) is 3.17. The molecule has 1 fully saturated rings. The smallest absolute Gasteiger partial charge is 0.358 e. The monoisotopic (exact) mass is 366 g/mol. The Hall–Kier alpha value is -2.20. The number of hydrogen-bond donors (Lipinski definition) is 0. The van der Waals surface area contributed by atoms with E-state index in [4.69, 9.17) is 0 Å². The Morgan fingerprint density at radius 2 is 2.00 bits per heavy atom. The fourth-order valence-corrected chi connectivity index (χ4v) is 3.83. The summed E-state index contributed by atoms with van der Waals surface area (Å²) in [6.07, 6.45) is 1.67. The quantitative estimate of drug-likeness (QED) is 0.566. The molecule has 0 bridgehead atoms. The molecule has 2 aromatic heterocycles. The summed E-state index contributed by atoms with van der Waals surface area (Å²) in [6.45, 7) is 8.40. The summed E-state index contributed by atoms with van der Waals surface area (Å²) in [7, 11) is 0. The lowest BCUT2D eigenvalue weighted by atomic mass is 10.3. The summed E-state index contributed by atoms with van der Waals surface area (Å²) in [5.74, 6) is 0.572. The van der Waals surface area contributed by atoms with Crippen LogP contribution in [0.5, 0.6) is 0 Å². The van der Waals surface area contributed by atoms with Crippen LogP contribution in [-0.2, 0) is 4.79 Å². The number of thiazole rings is 1. The van der Waals surface area contributed by atoms with Gasteiger partial charge in [0.1, 0.15) is 6.20 Å². The normalized spacial score (nSPS) is 15.7. The number of imidazole rings is 1. The molecule has 1 saturated heterocycles. The highest BCUT2D eigenvalue weighted by molar-refractivity contribution is 7.15. The van der Waals surface area contributed by atoms with Crippen molar-refractivity contribution in [3.8, 4) is 0 Å². The van der Waals surface area contributed by atoms with Crippen LogP contribution in [0, 0.1) is 10.1 Å². The largest absolute Gasteiger partial charge is 0.373 e. The predicted octanol–water partition coefficient (Wildman–Crippen LogP) is 1.29. The molecular weight excluding hydrogens is 344 g/mol. The standard InChI is InChI=1S/C15H22N6O3S/c1-3-18(4-2)12(22)11-17-5-7-19(8-6-17)13-14(21(23)24)20-9-10-25-15(20)16-13/h9-10H,3-8,11H2,1-2H3. The van der Waals surface area contributed by atoms with Gasteiger partial charge in [0.15, 0.2) is 0 Å². The van der Waals surface area contributed by atoms with Gasteiger partial charge in [0.2, 0.25) is 11.7 Å². The van der Waals surface area contributed by atoms with E-state index < -0.39 is 0 Å². The number of fused-ring (bicyclic) bond motifs is 1. The third kappa shape index (κ3) is 3.45. The Morgan fingerprint density at radius 3 is 2.60 bits per heavy atom. The minimum Gasteiger partial charge on any atom is -0.358 e. The van der Waals surface area contributed by atoms with Crippen molar-refractivity contribution in [2.75, 3.05) is 50.7 Å². The fourth-order valence-electron chi connectivity index (χ4n) is 3.13. The summed E-state index contributed by atoms with van der Waals surface area (Å²) in [6, 6.07) is 0. The van der Waals surface area contributed by atoms with Crippen LogP contribution in [0.4, 0.5) is 11.6 Å². The highest BCUT2D eigenvalue weighted by Gasteiger charge is 2.30. The number of piperazine rings is 1. The molecule has 136 valence electrons. The molecule has 25 heavy (non-hydrogen) atoms. The molecule has 0 aliphatic carbocycles. The Bertz CT molecular complexity index is 760. The van der Waals surface area contributed by atoms with Crippen LogP contribution in [0.2, 0.25) is 0 Å². The summed E-state index contributed by atoms with van der Waals surface area (Å²) in [5.41, 5.74) is 0. The molecule has 0 saturated carbocycles. The van der Waals surface area contributed by atoms with E-state index in [-0.39, 0.29) is 16.6 Å². The minimum absolute atomic E-state index is 0.0175. The number of carbonyl (C=O) groups excluding carboxylic acids is 1. The van der Waals surface area contributed by atoms with Crippen LogP contribution in [0.15, 0.2) is 11.6 Å². The number of likely N-dealkylation sites (N-methyl/N-ethyl adjacent to an activating group) is 1. The second-order valence-corrected chi connectivity index (χ2v) is 6.77. The molecule has 1 amide bonds. The number of nitro groups is 1. The Morgan fingerprint density at radius 1 is 1.32 bits per heavy atom. The maximum atomic E-state index is 12.2. The first-order chi connectivity index (χ1) is 12.0. The van der Waals surface area contributed by atoms with Gasteiger partial charge in [-0.3, -0.25) is 9.69 Å². The van der Waals surface area contributed by atoms with Crippen molar-refractivity contribution in [3.05, 3.63) is 21.7 Å². The SMILES string of the molecule is CCN(CC)C(=O)CN1CCN(c2nc3sccn3c2[N+](=O)[O-])CC1. The molecule has 0 N–H and O–H groups in total. The van der Waals surface area contributed by atoms with Crippen LogP contribution in [-0.4, -0.2) is 75.8 Å². The summed E-state index contributed by atoms with van der Waals surface area (Å²) in [5, 5.41) is 13.2. The lowest BCUT2D eigenvalue weighted by molar-refractivity contribution is -0.389. The zero-order valence-electron chi connectivity index (χ0n) is 14.4. The fraction of sp³-hybridized carbons (Fsp3) is 0.600. The molecule has 3 rings (SSSR count). The number of carbonyl (C=O) groups is 1. The van der Waals surface area contributed by atoms with E-state index in [2.05, 4.69) is 9.88 Å². The first kappa shape index (κ1) is 17.6. The van der Waals surface area contributed by atoms with E-state index in [9.17, 15) is 14.9 Å². The van der Waals surface area contributed by atoms with Crippen molar-refractivity contribution in [2.24, 2.45) is 0 Å². The third-order valence-electron chi connectivity index (χ3n) is 4.54. The molecule has 1 aliphatic heterocycles. The van der Waals surface area contributed by atoms with Gasteiger partial charge in [-0.05, 0) is 18.8 Å².